The maximum Gasteiger partial charge on any atom is 0.228 e. The Kier molecular flexibility index (Phi) is 2.04. The van der Waals surface area contributed by atoms with Crippen LogP contribution in [0.1, 0.15) is 11.1 Å². The first-order valence-corrected chi connectivity index (χ1v) is 4.18. The molecular formula is C11H7NO2. The highest BCUT2D eigenvalue weighted by Crippen LogP contribution is 2.26. The Labute approximate surface area is 81.1 Å². The summed E-state index contributed by atoms with van der Waals surface area (Å²) in [5, 5.41) is 2.72. The molecule has 3 heteroatoms. The third kappa shape index (κ3) is 1.38. The molecule has 0 atom stereocenters. The summed E-state index contributed by atoms with van der Waals surface area (Å²) < 4.78 is 0. The molecule has 0 saturated heterocycles. The number of hydrogen-bond donors (Lipinski definition) is 1. The number of para-hydroxylation sites is 1. The first-order chi connectivity index (χ1) is 6.81. The minimum Gasteiger partial charge on any atom is -0.324 e. The zero-order valence-electron chi connectivity index (χ0n) is 7.33. The monoisotopic (exact) mass is 185 g/mol. The van der Waals surface area contributed by atoms with Crippen LogP contribution < -0.4 is 5.32 Å². The van der Waals surface area contributed by atoms with Gasteiger partial charge in [0.1, 0.15) is 0 Å². The van der Waals surface area contributed by atoms with Gasteiger partial charge in [-0.1, -0.05) is 18.1 Å². The molecule has 0 fully saturated rings. The van der Waals surface area contributed by atoms with E-state index < -0.39 is 0 Å². The number of fused-ring (bicyclic) bond motifs is 1. The number of amides is 1. The fraction of sp³-hybridized carbons (Fsp3) is 0.0909. The Balaban J connectivity index is 2.49. The molecule has 0 bridgehead atoms. The molecule has 2 rings (SSSR count). The Morgan fingerprint density at radius 2 is 2.29 bits per heavy atom. The summed E-state index contributed by atoms with van der Waals surface area (Å²) in [4.78, 5) is 21.2. The number of carbonyl (C=O) groups is 2. The number of benzene rings is 1. The molecule has 1 heterocycles. The van der Waals surface area contributed by atoms with Crippen LogP contribution in [0, 0.1) is 11.8 Å². The molecule has 1 aliphatic rings. The van der Waals surface area contributed by atoms with Crippen LogP contribution in [-0.4, -0.2) is 12.2 Å². The van der Waals surface area contributed by atoms with Crippen molar-refractivity contribution in [3.05, 3.63) is 29.3 Å². The molecular weight excluding hydrogens is 178 g/mol. The van der Waals surface area contributed by atoms with Crippen molar-refractivity contribution in [1.82, 2.24) is 0 Å². The van der Waals surface area contributed by atoms with E-state index in [1.165, 1.54) is 0 Å². The number of hydrogen-bond acceptors (Lipinski definition) is 2. The summed E-state index contributed by atoms with van der Waals surface area (Å²) in [6.45, 7) is 0. The summed E-state index contributed by atoms with van der Waals surface area (Å²) in [6.07, 6.45) is 0.933. The first kappa shape index (κ1) is 8.52. The molecule has 1 aliphatic heterocycles. The third-order valence-electron chi connectivity index (χ3n) is 2.03. The maximum atomic E-state index is 11.1. The molecule has 0 saturated carbocycles. The van der Waals surface area contributed by atoms with E-state index in [0.717, 1.165) is 11.3 Å². The van der Waals surface area contributed by atoms with Crippen LogP contribution in [-0.2, 0) is 16.0 Å². The van der Waals surface area contributed by atoms with Crippen LogP contribution in [0.3, 0.4) is 0 Å². The Hall–Kier alpha value is -2.08. The van der Waals surface area contributed by atoms with Crippen molar-refractivity contribution in [2.24, 2.45) is 0 Å². The number of anilines is 1. The normalized spacial score (nSPS) is 12.4. The van der Waals surface area contributed by atoms with Crippen molar-refractivity contribution in [3.63, 3.8) is 0 Å². The van der Waals surface area contributed by atoms with Gasteiger partial charge in [0.15, 0.2) is 6.29 Å². The van der Waals surface area contributed by atoms with Crippen molar-refractivity contribution in [3.8, 4) is 11.8 Å². The van der Waals surface area contributed by atoms with Crippen molar-refractivity contribution in [2.75, 3.05) is 5.32 Å². The van der Waals surface area contributed by atoms with Gasteiger partial charge in [0.05, 0.1) is 12.1 Å². The number of rotatable bonds is 0. The van der Waals surface area contributed by atoms with Gasteiger partial charge in [-0.3, -0.25) is 9.59 Å². The van der Waals surface area contributed by atoms with E-state index in [-0.39, 0.29) is 5.91 Å². The van der Waals surface area contributed by atoms with Gasteiger partial charge in [-0.2, -0.15) is 0 Å². The van der Waals surface area contributed by atoms with Crippen LogP contribution >= 0.6 is 0 Å². The second-order valence-electron chi connectivity index (χ2n) is 2.95. The smallest absolute Gasteiger partial charge is 0.228 e. The highest BCUT2D eigenvalue weighted by Gasteiger charge is 2.19. The van der Waals surface area contributed by atoms with E-state index in [1.54, 1.807) is 6.07 Å². The van der Waals surface area contributed by atoms with E-state index in [1.807, 2.05) is 12.1 Å². The largest absolute Gasteiger partial charge is 0.324 e. The minimum atomic E-state index is -0.0275. The second-order valence-corrected chi connectivity index (χ2v) is 2.95. The van der Waals surface area contributed by atoms with Crippen molar-refractivity contribution in [1.29, 1.82) is 0 Å². The molecule has 68 valence electrons. The fourth-order valence-electron chi connectivity index (χ4n) is 1.46. The molecule has 1 amide bonds. The highest BCUT2D eigenvalue weighted by molar-refractivity contribution is 6.00. The predicted molar refractivity (Wildman–Crippen MR) is 51.7 cm³/mol. The molecule has 1 N–H and O–H groups in total. The molecule has 14 heavy (non-hydrogen) atoms. The average Bonchev–Trinajstić information content (AvgIpc) is 2.55. The average molecular weight is 185 g/mol. The molecule has 0 radical (unpaired) electrons. The maximum absolute atomic E-state index is 11.1. The summed E-state index contributed by atoms with van der Waals surface area (Å²) in [5.74, 6) is 4.98. The van der Waals surface area contributed by atoms with Gasteiger partial charge < -0.3 is 5.32 Å². The van der Waals surface area contributed by atoms with Gasteiger partial charge in [0.25, 0.3) is 0 Å². The van der Waals surface area contributed by atoms with Crippen LogP contribution in [0.2, 0.25) is 0 Å². The topological polar surface area (TPSA) is 46.2 Å². The molecule has 0 unspecified atom stereocenters. The predicted octanol–water partition coefficient (Wildman–Crippen LogP) is 0.732. The van der Waals surface area contributed by atoms with Gasteiger partial charge in [-0.25, -0.2) is 0 Å². The summed E-state index contributed by atoms with van der Waals surface area (Å²) >= 11 is 0. The van der Waals surface area contributed by atoms with Gasteiger partial charge in [0, 0.05) is 5.56 Å². The van der Waals surface area contributed by atoms with Crippen LogP contribution in [0.15, 0.2) is 18.2 Å². The zero-order valence-corrected chi connectivity index (χ0v) is 7.33. The number of carbonyl (C=O) groups excluding carboxylic acids is 2. The standard InChI is InChI=1S/C11H7NO2/c13-6-2-5-8-3-1-4-9-7-10(14)12-11(8)9/h1,3-4,6H,7H2,(H,12,14). The lowest BCUT2D eigenvalue weighted by Gasteiger charge is -2.00. The third-order valence-corrected chi connectivity index (χ3v) is 2.03. The molecule has 0 aliphatic carbocycles. The lowest BCUT2D eigenvalue weighted by atomic mass is 10.1. The van der Waals surface area contributed by atoms with Gasteiger partial charge >= 0.3 is 0 Å². The van der Waals surface area contributed by atoms with Crippen LogP contribution in [0.5, 0.6) is 0 Å². The second kappa shape index (κ2) is 3.35. The van der Waals surface area contributed by atoms with Crippen molar-refractivity contribution in [2.45, 2.75) is 6.42 Å². The molecule has 3 nitrogen and oxygen atoms in total. The Morgan fingerprint density at radius 3 is 3.07 bits per heavy atom. The van der Waals surface area contributed by atoms with E-state index in [9.17, 15) is 9.59 Å². The van der Waals surface area contributed by atoms with E-state index in [4.69, 9.17) is 0 Å². The van der Waals surface area contributed by atoms with Gasteiger partial charge in [0.2, 0.25) is 5.91 Å². The zero-order chi connectivity index (χ0) is 9.97. The van der Waals surface area contributed by atoms with Crippen molar-refractivity contribution < 1.29 is 9.59 Å². The lowest BCUT2D eigenvalue weighted by molar-refractivity contribution is -0.115. The highest BCUT2D eigenvalue weighted by atomic mass is 16.1. The Bertz CT molecular complexity index is 466. The fourth-order valence-corrected chi connectivity index (χ4v) is 1.46. The SMILES string of the molecule is O=CC#Cc1cccc2c1NC(=O)C2. The molecule has 1 aromatic carbocycles. The van der Waals surface area contributed by atoms with Crippen molar-refractivity contribution >= 4 is 17.9 Å². The lowest BCUT2D eigenvalue weighted by Crippen LogP contribution is -2.04. The molecule has 0 spiro atoms. The number of nitrogens with one attached hydrogen (secondary N) is 1. The number of aldehydes is 1. The minimum absolute atomic E-state index is 0.0275. The summed E-state index contributed by atoms with van der Waals surface area (Å²) in [5.41, 5.74) is 2.37. The van der Waals surface area contributed by atoms with Crippen LogP contribution in [0.25, 0.3) is 0 Å². The molecule has 1 aromatic rings. The quantitative estimate of drug-likeness (QED) is 0.478. The Morgan fingerprint density at radius 1 is 1.43 bits per heavy atom. The van der Waals surface area contributed by atoms with E-state index >= 15 is 0 Å². The molecule has 0 aromatic heterocycles. The van der Waals surface area contributed by atoms with Gasteiger partial charge in [-0.05, 0) is 17.6 Å². The first-order valence-electron chi connectivity index (χ1n) is 4.18. The van der Waals surface area contributed by atoms with E-state index in [2.05, 4.69) is 17.2 Å². The van der Waals surface area contributed by atoms with Gasteiger partial charge in [-0.15, -0.1) is 0 Å². The van der Waals surface area contributed by atoms with Crippen LogP contribution in [0.4, 0.5) is 5.69 Å². The summed E-state index contributed by atoms with van der Waals surface area (Å²) in [7, 11) is 0. The van der Waals surface area contributed by atoms with E-state index in [0.29, 0.717) is 18.3 Å². The summed E-state index contributed by atoms with van der Waals surface area (Å²) in [6, 6.07) is 5.48.